The Morgan fingerprint density at radius 3 is 2.44 bits per heavy atom. The number of anilines is 2. The number of benzene rings is 2. The van der Waals surface area contributed by atoms with Gasteiger partial charge in [-0.05, 0) is 36.4 Å². The third kappa shape index (κ3) is 4.53. The number of imidazole rings is 1. The van der Waals surface area contributed by atoms with Crippen molar-refractivity contribution in [3.8, 4) is 22.6 Å². The fourth-order valence-corrected chi connectivity index (χ4v) is 5.14. The van der Waals surface area contributed by atoms with E-state index >= 15 is 0 Å². The van der Waals surface area contributed by atoms with Gasteiger partial charge in [0, 0.05) is 58.0 Å². The van der Waals surface area contributed by atoms with Crippen LogP contribution >= 0.6 is 34.7 Å². The predicted molar refractivity (Wildman–Crippen MR) is 134 cm³/mol. The number of carbonyl (C=O) groups excluding carboxylic acids is 1. The second-order valence-corrected chi connectivity index (χ2v) is 9.81. The van der Waals surface area contributed by atoms with Crippen molar-refractivity contribution >= 4 is 51.4 Å². The second kappa shape index (κ2) is 9.36. The van der Waals surface area contributed by atoms with Gasteiger partial charge in [0.1, 0.15) is 17.2 Å². The molecule has 5 rings (SSSR count). The van der Waals surface area contributed by atoms with Gasteiger partial charge in [-0.25, -0.2) is 9.97 Å². The molecule has 2 N–H and O–H groups in total. The number of rotatable bonds is 5. The molecule has 162 valence electrons. The zero-order chi connectivity index (χ0) is 21.9. The molecule has 1 aliphatic rings. The van der Waals surface area contributed by atoms with E-state index in [0.29, 0.717) is 27.4 Å². The Bertz CT molecular complexity index is 1200. The molecule has 0 aliphatic carbocycles. The highest BCUT2D eigenvalue weighted by Gasteiger charge is 2.21. The molecule has 6 nitrogen and oxygen atoms in total. The molecule has 2 aromatic carbocycles. The van der Waals surface area contributed by atoms with E-state index in [2.05, 4.69) is 32.3 Å². The van der Waals surface area contributed by atoms with Crippen LogP contribution in [0.5, 0.6) is 0 Å². The van der Waals surface area contributed by atoms with Crippen molar-refractivity contribution in [3.05, 3.63) is 70.8 Å². The van der Waals surface area contributed by atoms with Gasteiger partial charge < -0.3 is 9.88 Å². The van der Waals surface area contributed by atoms with Gasteiger partial charge in [0.25, 0.3) is 5.91 Å². The topological polar surface area (TPSA) is 73.9 Å². The summed E-state index contributed by atoms with van der Waals surface area (Å²) in [4.78, 5) is 27.6. The number of hydrogen-bond acceptors (Lipinski definition) is 6. The highest BCUT2D eigenvalue weighted by Crippen LogP contribution is 2.29. The first kappa shape index (κ1) is 21.1. The van der Waals surface area contributed by atoms with Crippen LogP contribution in [-0.2, 0) is 0 Å². The number of nitrogens with zero attached hydrogens (tertiary/aromatic N) is 3. The van der Waals surface area contributed by atoms with Crippen molar-refractivity contribution in [3.63, 3.8) is 0 Å². The number of amides is 1. The highest BCUT2D eigenvalue weighted by molar-refractivity contribution is 7.99. The van der Waals surface area contributed by atoms with Crippen LogP contribution in [0.2, 0.25) is 5.02 Å². The molecule has 2 aromatic heterocycles. The van der Waals surface area contributed by atoms with Gasteiger partial charge >= 0.3 is 0 Å². The number of carbonyl (C=O) groups is 1. The predicted octanol–water partition coefficient (Wildman–Crippen LogP) is 5.66. The van der Waals surface area contributed by atoms with Crippen molar-refractivity contribution in [2.45, 2.75) is 0 Å². The summed E-state index contributed by atoms with van der Waals surface area (Å²) >= 11 is 9.42. The SMILES string of the molecule is O=C(Nc1nccs1)c1[nH]c(-c2ccc(N3CCSCC3)cc2)nc1-c1ccc(Cl)cc1. The molecule has 1 amide bonds. The van der Waals surface area contributed by atoms with Crippen LogP contribution in [-0.4, -0.2) is 45.5 Å². The number of thiazole rings is 1. The second-order valence-electron chi connectivity index (χ2n) is 7.25. The summed E-state index contributed by atoms with van der Waals surface area (Å²) < 4.78 is 0. The molecule has 3 heterocycles. The van der Waals surface area contributed by atoms with Crippen molar-refractivity contribution < 1.29 is 4.79 Å². The maximum Gasteiger partial charge on any atom is 0.276 e. The number of thioether (sulfide) groups is 1. The van der Waals surface area contributed by atoms with Crippen molar-refractivity contribution in [1.29, 1.82) is 0 Å². The first-order valence-corrected chi connectivity index (χ1v) is 12.6. The van der Waals surface area contributed by atoms with E-state index in [-0.39, 0.29) is 5.91 Å². The Balaban J connectivity index is 1.48. The summed E-state index contributed by atoms with van der Waals surface area (Å²) in [5.41, 5.74) is 3.89. The maximum absolute atomic E-state index is 13.0. The number of nitrogens with one attached hydrogen (secondary N) is 2. The first-order chi connectivity index (χ1) is 15.7. The molecule has 1 saturated heterocycles. The maximum atomic E-state index is 13.0. The summed E-state index contributed by atoms with van der Waals surface area (Å²) in [6.07, 6.45) is 1.65. The van der Waals surface area contributed by atoms with Crippen LogP contribution < -0.4 is 10.2 Å². The van der Waals surface area contributed by atoms with E-state index in [1.807, 2.05) is 41.4 Å². The molecule has 32 heavy (non-hydrogen) atoms. The molecule has 0 spiro atoms. The molecular weight excluding hydrogens is 462 g/mol. The first-order valence-electron chi connectivity index (χ1n) is 10.2. The molecular formula is C23H20ClN5OS2. The van der Waals surface area contributed by atoms with Gasteiger partial charge in [0.15, 0.2) is 5.13 Å². The van der Waals surface area contributed by atoms with Crippen LogP contribution in [0.1, 0.15) is 10.5 Å². The van der Waals surface area contributed by atoms with E-state index in [1.54, 1.807) is 18.3 Å². The number of H-pyrrole nitrogens is 1. The Kier molecular flexibility index (Phi) is 6.16. The van der Waals surface area contributed by atoms with Crippen molar-refractivity contribution in [1.82, 2.24) is 15.0 Å². The van der Waals surface area contributed by atoms with E-state index in [0.717, 1.165) is 35.7 Å². The lowest BCUT2D eigenvalue weighted by Gasteiger charge is -2.28. The number of halogens is 1. The molecule has 0 bridgehead atoms. The largest absolute Gasteiger partial charge is 0.370 e. The minimum atomic E-state index is -0.286. The monoisotopic (exact) mass is 481 g/mol. The third-order valence-electron chi connectivity index (χ3n) is 5.22. The lowest BCUT2D eigenvalue weighted by Crippen LogP contribution is -2.32. The summed E-state index contributed by atoms with van der Waals surface area (Å²) in [5, 5.41) is 5.82. The van der Waals surface area contributed by atoms with Gasteiger partial charge in [-0.1, -0.05) is 23.7 Å². The number of hydrogen-bond donors (Lipinski definition) is 2. The highest BCUT2D eigenvalue weighted by atomic mass is 35.5. The normalized spacial score (nSPS) is 13.8. The summed E-state index contributed by atoms with van der Waals surface area (Å²) in [6.45, 7) is 2.12. The quantitative estimate of drug-likeness (QED) is 0.384. The van der Waals surface area contributed by atoms with Gasteiger partial charge in [-0.2, -0.15) is 11.8 Å². The van der Waals surface area contributed by atoms with E-state index in [9.17, 15) is 4.79 Å². The molecule has 0 saturated carbocycles. The lowest BCUT2D eigenvalue weighted by molar-refractivity contribution is 0.102. The smallest absolute Gasteiger partial charge is 0.276 e. The van der Waals surface area contributed by atoms with Gasteiger partial charge in [0.2, 0.25) is 0 Å². The molecule has 0 atom stereocenters. The molecule has 9 heteroatoms. The van der Waals surface area contributed by atoms with Gasteiger partial charge in [-0.15, -0.1) is 11.3 Å². The van der Waals surface area contributed by atoms with Crippen molar-refractivity contribution in [2.24, 2.45) is 0 Å². The lowest BCUT2D eigenvalue weighted by atomic mass is 10.1. The minimum absolute atomic E-state index is 0.286. The molecule has 4 aromatic rings. The molecule has 1 aliphatic heterocycles. The summed E-state index contributed by atoms with van der Waals surface area (Å²) in [6, 6.07) is 15.6. The van der Waals surface area contributed by atoms with Crippen molar-refractivity contribution in [2.75, 3.05) is 34.8 Å². The molecule has 1 fully saturated rings. The Morgan fingerprint density at radius 2 is 1.75 bits per heavy atom. The zero-order valence-corrected chi connectivity index (χ0v) is 19.4. The average molecular weight is 482 g/mol. The van der Waals surface area contributed by atoms with Crippen LogP contribution in [0, 0.1) is 0 Å². The van der Waals surface area contributed by atoms with E-state index < -0.39 is 0 Å². The van der Waals surface area contributed by atoms with Gasteiger partial charge in [-0.3, -0.25) is 10.1 Å². The van der Waals surface area contributed by atoms with Crippen LogP contribution in [0.15, 0.2) is 60.1 Å². The Labute approximate surface area is 199 Å². The molecule has 0 radical (unpaired) electrons. The third-order valence-corrected chi connectivity index (χ3v) is 7.10. The zero-order valence-electron chi connectivity index (χ0n) is 17.0. The average Bonchev–Trinajstić information content (AvgIpc) is 3.51. The molecule has 0 unspecified atom stereocenters. The number of aromatic amines is 1. The summed E-state index contributed by atoms with van der Waals surface area (Å²) in [7, 11) is 0. The standard InChI is InChI=1S/C23H20ClN5OS2/c24-17-5-1-15(2-6-17)19-20(22(30)28-23-25-9-12-32-23)27-21(26-19)16-3-7-18(8-4-16)29-10-13-31-14-11-29/h1-9,12H,10-11,13-14H2,(H,26,27)(H,25,28,30). The van der Waals surface area contributed by atoms with Crippen LogP contribution in [0.3, 0.4) is 0 Å². The summed E-state index contributed by atoms with van der Waals surface area (Å²) in [5.74, 6) is 2.66. The van der Waals surface area contributed by atoms with E-state index in [4.69, 9.17) is 16.6 Å². The van der Waals surface area contributed by atoms with Crippen LogP contribution in [0.4, 0.5) is 10.8 Å². The number of aromatic nitrogens is 3. The fourth-order valence-electron chi connectivity index (χ4n) is 3.59. The Hall–Kier alpha value is -2.81. The Morgan fingerprint density at radius 1 is 1.03 bits per heavy atom. The van der Waals surface area contributed by atoms with Gasteiger partial charge in [0.05, 0.1) is 0 Å². The van der Waals surface area contributed by atoms with E-state index in [1.165, 1.54) is 17.0 Å². The van der Waals surface area contributed by atoms with Crippen LogP contribution in [0.25, 0.3) is 22.6 Å². The fraction of sp³-hybridized carbons (Fsp3) is 0.174. The minimum Gasteiger partial charge on any atom is -0.370 e.